The van der Waals surface area contributed by atoms with E-state index in [0.717, 1.165) is 27.9 Å². The van der Waals surface area contributed by atoms with Gasteiger partial charge in [-0.05, 0) is 36.4 Å². The van der Waals surface area contributed by atoms with Gasteiger partial charge in [-0.3, -0.25) is 4.57 Å². The number of ether oxygens (including phenoxy) is 1. The van der Waals surface area contributed by atoms with Crippen molar-refractivity contribution in [1.29, 1.82) is 0 Å². The Morgan fingerprint density at radius 3 is 2.52 bits per heavy atom. The minimum Gasteiger partial charge on any atom is -0.497 e. The summed E-state index contributed by atoms with van der Waals surface area (Å²) in [5.74, 6) is 3.10. The molecule has 2 aromatic heterocycles. The SMILES string of the molecule is C=CCn1c(SCc2nnc(-c3ccccc3)o2)nnc1-c1ccc(OC)cc1. The number of methoxy groups -OCH3 is 1. The summed E-state index contributed by atoms with van der Waals surface area (Å²) in [4.78, 5) is 0. The average Bonchev–Trinajstić information content (AvgIpc) is 3.41. The maximum Gasteiger partial charge on any atom is 0.247 e. The molecule has 0 saturated heterocycles. The van der Waals surface area contributed by atoms with Crippen LogP contribution in [0.1, 0.15) is 5.89 Å². The number of nitrogens with zero attached hydrogens (tertiary/aromatic N) is 5. The third-order valence-corrected chi connectivity index (χ3v) is 5.14. The van der Waals surface area contributed by atoms with Gasteiger partial charge in [0.15, 0.2) is 11.0 Å². The molecule has 0 N–H and O–H groups in total. The highest BCUT2D eigenvalue weighted by atomic mass is 32.2. The van der Waals surface area contributed by atoms with Gasteiger partial charge in [0.25, 0.3) is 0 Å². The maximum absolute atomic E-state index is 5.77. The van der Waals surface area contributed by atoms with Gasteiger partial charge in [-0.1, -0.05) is 36.0 Å². The standard InChI is InChI=1S/C21H19N5O2S/c1-3-13-26-19(15-9-11-17(27-2)12-10-15)23-25-21(26)29-14-18-22-24-20(28-18)16-7-5-4-6-8-16/h3-12H,1,13-14H2,2H3. The first-order chi connectivity index (χ1) is 14.3. The van der Waals surface area contributed by atoms with Gasteiger partial charge in [-0.2, -0.15) is 0 Å². The molecule has 29 heavy (non-hydrogen) atoms. The van der Waals surface area contributed by atoms with Crippen molar-refractivity contribution in [1.82, 2.24) is 25.0 Å². The second kappa shape index (κ2) is 8.74. The summed E-state index contributed by atoms with van der Waals surface area (Å²) in [6.07, 6.45) is 1.82. The molecule has 0 aliphatic heterocycles. The normalized spacial score (nSPS) is 10.8. The Morgan fingerprint density at radius 2 is 1.79 bits per heavy atom. The van der Waals surface area contributed by atoms with Gasteiger partial charge in [-0.25, -0.2) is 0 Å². The summed E-state index contributed by atoms with van der Waals surface area (Å²) in [5.41, 5.74) is 1.85. The molecule has 0 amide bonds. The molecule has 0 aliphatic carbocycles. The predicted octanol–water partition coefficient (Wildman–Crippen LogP) is 4.48. The molecular formula is C21H19N5O2S. The molecule has 0 fully saturated rings. The van der Waals surface area contributed by atoms with Gasteiger partial charge >= 0.3 is 0 Å². The summed E-state index contributed by atoms with van der Waals surface area (Å²) in [6, 6.07) is 17.4. The van der Waals surface area contributed by atoms with Crippen LogP contribution in [-0.2, 0) is 12.3 Å². The fourth-order valence-electron chi connectivity index (χ4n) is 2.78. The minimum atomic E-state index is 0.498. The van der Waals surface area contributed by atoms with Crippen LogP contribution in [0.25, 0.3) is 22.8 Å². The zero-order chi connectivity index (χ0) is 20.1. The summed E-state index contributed by atoms with van der Waals surface area (Å²) in [5, 5.41) is 17.7. The molecule has 4 aromatic rings. The molecule has 0 radical (unpaired) electrons. The lowest BCUT2D eigenvalue weighted by Crippen LogP contribution is -2.00. The maximum atomic E-state index is 5.77. The van der Waals surface area contributed by atoms with Crippen molar-refractivity contribution < 1.29 is 9.15 Å². The van der Waals surface area contributed by atoms with Crippen molar-refractivity contribution in [3.63, 3.8) is 0 Å². The Kier molecular flexibility index (Phi) is 5.71. The van der Waals surface area contributed by atoms with Gasteiger partial charge < -0.3 is 9.15 Å². The third kappa shape index (κ3) is 4.22. The van der Waals surface area contributed by atoms with Gasteiger partial charge in [0.1, 0.15) is 5.75 Å². The van der Waals surface area contributed by atoms with Crippen LogP contribution >= 0.6 is 11.8 Å². The fraction of sp³-hybridized carbons (Fsp3) is 0.143. The monoisotopic (exact) mass is 405 g/mol. The number of aromatic nitrogens is 5. The zero-order valence-corrected chi connectivity index (χ0v) is 16.7. The van der Waals surface area contributed by atoms with Gasteiger partial charge in [-0.15, -0.1) is 27.0 Å². The fourth-order valence-corrected chi connectivity index (χ4v) is 3.56. The van der Waals surface area contributed by atoms with E-state index >= 15 is 0 Å². The molecule has 2 heterocycles. The van der Waals surface area contributed by atoms with Gasteiger partial charge in [0.05, 0.1) is 12.9 Å². The van der Waals surface area contributed by atoms with Gasteiger partial charge in [0.2, 0.25) is 11.8 Å². The highest BCUT2D eigenvalue weighted by Crippen LogP contribution is 2.28. The highest BCUT2D eigenvalue weighted by Gasteiger charge is 2.16. The quantitative estimate of drug-likeness (QED) is 0.316. The van der Waals surface area contributed by atoms with Crippen molar-refractivity contribution in [2.45, 2.75) is 17.5 Å². The number of allylic oxidation sites excluding steroid dienone is 1. The molecular weight excluding hydrogens is 386 g/mol. The second-order valence-electron chi connectivity index (χ2n) is 6.09. The van der Waals surface area contributed by atoms with Crippen molar-refractivity contribution in [2.24, 2.45) is 0 Å². The van der Waals surface area contributed by atoms with E-state index in [-0.39, 0.29) is 0 Å². The van der Waals surface area contributed by atoms with Crippen molar-refractivity contribution in [3.8, 4) is 28.6 Å². The van der Waals surface area contributed by atoms with Crippen LogP contribution in [0.15, 0.2) is 76.8 Å². The van der Waals surface area contributed by atoms with Crippen molar-refractivity contribution in [2.75, 3.05) is 7.11 Å². The molecule has 0 atom stereocenters. The van der Waals surface area contributed by atoms with Crippen molar-refractivity contribution >= 4 is 11.8 Å². The van der Waals surface area contributed by atoms with Crippen LogP contribution in [0.3, 0.4) is 0 Å². The van der Waals surface area contributed by atoms with Crippen LogP contribution in [0, 0.1) is 0 Å². The molecule has 8 heteroatoms. The van der Waals surface area contributed by atoms with E-state index in [9.17, 15) is 0 Å². The second-order valence-corrected chi connectivity index (χ2v) is 7.03. The Labute approximate surface area is 172 Å². The van der Waals surface area contributed by atoms with E-state index < -0.39 is 0 Å². The van der Waals surface area contributed by atoms with Crippen LogP contribution in [0.5, 0.6) is 5.75 Å². The zero-order valence-electron chi connectivity index (χ0n) is 15.9. The lowest BCUT2D eigenvalue weighted by molar-refractivity contribution is 0.415. The summed E-state index contributed by atoms with van der Waals surface area (Å²) in [6.45, 7) is 4.44. The Bertz CT molecular complexity index is 1090. The number of rotatable bonds is 8. The molecule has 7 nitrogen and oxygen atoms in total. The minimum absolute atomic E-state index is 0.498. The van der Waals surface area contributed by atoms with E-state index in [0.29, 0.717) is 24.1 Å². The van der Waals surface area contributed by atoms with E-state index in [1.807, 2.05) is 65.2 Å². The molecule has 4 rings (SSSR count). The smallest absolute Gasteiger partial charge is 0.247 e. The Hall–Kier alpha value is -3.39. The third-order valence-electron chi connectivity index (χ3n) is 4.19. The van der Waals surface area contributed by atoms with E-state index in [4.69, 9.17) is 9.15 Å². The van der Waals surface area contributed by atoms with Crippen LogP contribution < -0.4 is 4.74 Å². The van der Waals surface area contributed by atoms with Crippen molar-refractivity contribution in [3.05, 3.63) is 73.1 Å². The largest absolute Gasteiger partial charge is 0.497 e. The molecule has 0 bridgehead atoms. The van der Waals surface area contributed by atoms with Crippen LogP contribution in [-0.4, -0.2) is 32.1 Å². The lowest BCUT2D eigenvalue weighted by atomic mass is 10.2. The number of thioether (sulfide) groups is 1. The highest BCUT2D eigenvalue weighted by molar-refractivity contribution is 7.98. The average molecular weight is 405 g/mol. The number of benzene rings is 2. The lowest BCUT2D eigenvalue weighted by Gasteiger charge is -2.07. The Morgan fingerprint density at radius 1 is 1.00 bits per heavy atom. The first-order valence-corrected chi connectivity index (χ1v) is 9.96. The predicted molar refractivity (Wildman–Crippen MR) is 112 cm³/mol. The van der Waals surface area contributed by atoms with Crippen LogP contribution in [0.2, 0.25) is 0 Å². The first-order valence-electron chi connectivity index (χ1n) is 8.97. The molecule has 0 saturated carbocycles. The van der Waals surface area contributed by atoms with E-state index in [1.54, 1.807) is 7.11 Å². The van der Waals surface area contributed by atoms with E-state index in [2.05, 4.69) is 27.0 Å². The van der Waals surface area contributed by atoms with Crippen LogP contribution in [0.4, 0.5) is 0 Å². The summed E-state index contributed by atoms with van der Waals surface area (Å²) in [7, 11) is 1.64. The molecule has 0 unspecified atom stereocenters. The number of hydrogen-bond donors (Lipinski definition) is 0. The Balaban J connectivity index is 1.52. The molecule has 0 aliphatic rings. The first kappa shape index (κ1) is 18.9. The topological polar surface area (TPSA) is 78.9 Å². The molecule has 0 spiro atoms. The summed E-state index contributed by atoms with van der Waals surface area (Å²) >= 11 is 1.49. The van der Waals surface area contributed by atoms with Gasteiger partial charge in [0, 0.05) is 17.7 Å². The molecule has 146 valence electrons. The summed E-state index contributed by atoms with van der Waals surface area (Å²) < 4.78 is 13.0. The van der Waals surface area contributed by atoms with E-state index in [1.165, 1.54) is 11.8 Å². The number of hydrogen-bond acceptors (Lipinski definition) is 7. The molecule has 2 aromatic carbocycles.